The van der Waals surface area contributed by atoms with E-state index in [1.807, 2.05) is 60.1 Å². The molecular weight excluding hydrogens is 260 g/mol. The lowest BCUT2D eigenvalue weighted by Gasteiger charge is -2.06. The van der Waals surface area contributed by atoms with Crippen molar-refractivity contribution in [3.05, 3.63) is 65.1 Å². The maximum Gasteiger partial charge on any atom is 0.137 e. The summed E-state index contributed by atoms with van der Waals surface area (Å²) in [7, 11) is 0. The van der Waals surface area contributed by atoms with Gasteiger partial charge in [-0.05, 0) is 36.8 Å². The molecule has 2 aromatic heterocycles. The molecular formula is C15H13ClN2O. The average Bonchev–Trinajstić information content (AvgIpc) is 2.79. The largest absolute Gasteiger partial charge is 0.487 e. The summed E-state index contributed by atoms with van der Waals surface area (Å²) in [6.45, 7) is 2.51. The lowest BCUT2D eigenvalue weighted by atomic mass is 10.2. The summed E-state index contributed by atoms with van der Waals surface area (Å²) in [6, 6.07) is 11.7. The third-order valence-corrected chi connectivity index (χ3v) is 3.15. The fraction of sp³-hybridized carbons (Fsp3) is 0.133. The van der Waals surface area contributed by atoms with E-state index in [1.165, 1.54) is 5.56 Å². The molecule has 0 amide bonds. The van der Waals surface area contributed by atoms with E-state index in [-0.39, 0.29) is 0 Å². The van der Waals surface area contributed by atoms with Crippen LogP contribution < -0.4 is 4.74 Å². The summed E-state index contributed by atoms with van der Waals surface area (Å²) in [5.41, 5.74) is 3.02. The predicted octanol–water partition coefficient (Wildman–Crippen LogP) is 3.88. The van der Waals surface area contributed by atoms with Gasteiger partial charge in [-0.1, -0.05) is 23.7 Å². The molecule has 0 radical (unpaired) electrons. The number of pyridine rings is 1. The molecule has 3 rings (SSSR count). The molecule has 0 saturated carbocycles. The molecule has 96 valence electrons. The average molecular weight is 273 g/mol. The van der Waals surface area contributed by atoms with Crippen LogP contribution in [0.2, 0.25) is 5.02 Å². The number of hydrogen-bond acceptors (Lipinski definition) is 2. The van der Waals surface area contributed by atoms with Gasteiger partial charge in [-0.3, -0.25) is 4.40 Å². The number of aromatic nitrogens is 2. The van der Waals surface area contributed by atoms with Crippen LogP contribution in [0, 0.1) is 6.92 Å². The van der Waals surface area contributed by atoms with Crippen molar-refractivity contribution in [2.45, 2.75) is 13.5 Å². The summed E-state index contributed by atoms with van der Waals surface area (Å²) in [4.78, 5) is 4.31. The maximum atomic E-state index is 6.00. The molecule has 0 aliphatic heterocycles. The van der Waals surface area contributed by atoms with Gasteiger partial charge in [0.05, 0.1) is 16.9 Å². The number of aryl methyl sites for hydroxylation is 1. The van der Waals surface area contributed by atoms with E-state index in [1.54, 1.807) is 0 Å². The molecule has 3 aromatic rings. The summed E-state index contributed by atoms with van der Waals surface area (Å²) < 4.78 is 7.72. The fourth-order valence-corrected chi connectivity index (χ4v) is 2.13. The van der Waals surface area contributed by atoms with Gasteiger partial charge in [0.1, 0.15) is 18.0 Å². The van der Waals surface area contributed by atoms with Crippen LogP contribution in [-0.2, 0) is 6.61 Å². The number of nitrogens with zero attached hydrogens (tertiary/aromatic N) is 2. The quantitative estimate of drug-likeness (QED) is 0.723. The number of hydrogen-bond donors (Lipinski definition) is 0. The zero-order chi connectivity index (χ0) is 13.2. The van der Waals surface area contributed by atoms with Crippen molar-refractivity contribution in [2.24, 2.45) is 0 Å². The molecule has 0 aliphatic carbocycles. The van der Waals surface area contributed by atoms with Crippen LogP contribution in [0.15, 0.2) is 48.8 Å². The molecule has 1 aromatic carbocycles. The highest BCUT2D eigenvalue weighted by Gasteiger charge is 2.04. The van der Waals surface area contributed by atoms with Crippen molar-refractivity contribution in [3.63, 3.8) is 0 Å². The van der Waals surface area contributed by atoms with Crippen molar-refractivity contribution >= 4 is 17.2 Å². The number of benzene rings is 1. The van der Waals surface area contributed by atoms with Gasteiger partial charge in [-0.2, -0.15) is 0 Å². The lowest BCUT2D eigenvalue weighted by molar-refractivity contribution is 0.300. The van der Waals surface area contributed by atoms with E-state index in [4.69, 9.17) is 16.3 Å². The zero-order valence-corrected chi connectivity index (χ0v) is 11.3. The predicted molar refractivity (Wildman–Crippen MR) is 75.7 cm³/mol. The molecule has 4 heteroatoms. The minimum absolute atomic E-state index is 0.463. The topological polar surface area (TPSA) is 26.5 Å². The Labute approximate surface area is 116 Å². The molecule has 2 heterocycles. The van der Waals surface area contributed by atoms with E-state index >= 15 is 0 Å². The highest BCUT2D eigenvalue weighted by molar-refractivity contribution is 6.30. The van der Waals surface area contributed by atoms with Crippen LogP contribution in [-0.4, -0.2) is 9.38 Å². The molecule has 0 N–H and O–H groups in total. The van der Waals surface area contributed by atoms with Crippen LogP contribution in [0.4, 0.5) is 0 Å². The highest BCUT2D eigenvalue weighted by atomic mass is 35.5. The van der Waals surface area contributed by atoms with Crippen molar-refractivity contribution in [1.82, 2.24) is 9.38 Å². The van der Waals surface area contributed by atoms with Crippen LogP contribution in [0.3, 0.4) is 0 Å². The standard InChI is InChI=1S/C15H13ClN2O/c1-11-3-2-4-14(7-11)19-10-13-8-17-15-6-5-12(16)9-18(13)15/h2-9H,10H2,1H3. The Balaban J connectivity index is 1.84. The first-order valence-corrected chi connectivity index (χ1v) is 6.41. The van der Waals surface area contributed by atoms with Gasteiger partial charge in [-0.15, -0.1) is 0 Å². The van der Waals surface area contributed by atoms with Crippen molar-refractivity contribution in [2.75, 3.05) is 0 Å². The fourth-order valence-electron chi connectivity index (χ4n) is 1.97. The molecule has 0 aliphatic rings. The first kappa shape index (κ1) is 12.1. The first-order valence-electron chi connectivity index (χ1n) is 6.03. The van der Waals surface area contributed by atoms with E-state index < -0.39 is 0 Å². The van der Waals surface area contributed by atoms with Crippen molar-refractivity contribution in [3.8, 4) is 5.75 Å². The summed E-state index contributed by atoms with van der Waals surface area (Å²) in [6.07, 6.45) is 3.65. The molecule has 0 unspecified atom stereocenters. The molecule has 3 nitrogen and oxygen atoms in total. The minimum atomic E-state index is 0.463. The van der Waals surface area contributed by atoms with E-state index in [0.29, 0.717) is 11.6 Å². The number of ether oxygens (including phenoxy) is 1. The molecule has 0 saturated heterocycles. The summed E-state index contributed by atoms with van der Waals surface area (Å²) in [5, 5.41) is 0.683. The van der Waals surface area contributed by atoms with Gasteiger partial charge in [0, 0.05) is 6.20 Å². The van der Waals surface area contributed by atoms with Gasteiger partial charge < -0.3 is 4.74 Å². The Morgan fingerprint density at radius 3 is 3.00 bits per heavy atom. The zero-order valence-electron chi connectivity index (χ0n) is 10.5. The van der Waals surface area contributed by atoms with Crippen LogP contribution >= 0.6 is 11.6 Å². The number of rotatable bonds is 3. The van der Waals surface area contributed by atoms with Crippen molar-refractivity contribution in [1.29, 1.82) is 0 Å². The Hall–Kier alpha value is -2.00. The maximum absolute atomic E-state index is 6.00. The normalized spacial score (nSPS) is 10.8. The smallest absolute Gasteiger partial charge is 0.137 e. The van der Waals surface area contributed by atoms with Gasteiger partial charge in [0.2, 0.25) is 0 Å². The molecule has 0 atom stereocenters. The van der Waals surface area contributed by atoms with Crippen LogP contribution in [0.1, 0.15) is 11.3 Å². The van der Waals surface area contributed by atoms with Gasteiger partial charge >= 0.3 is 0 Å². The Bertz CT molecular complexity index is 721. The van der Waals surface area contributed by atoms with Crippen LogP contribution in [0.5, 0.6) is 5.75 Å². The van der Waals surface area contributed by atoms with E-state index in [2.05, 4.69) is 4.98 Å². The Morgan fingerprint density at radius 1 is 1.26 bits per heavy atom. The summed E-state index contributed by atoms with van der Waals surface area (Å²) >= 11 is 6.00. The second-order valence-corrected chi connectivity index (χ2v) is 4.87. The molecule has 0 bridgehead atoms. The highest BCUT2D eigenvalue weighted by Crippen LogP contribution is 2.17. The Kier molecular flexibility index (Phi) is 3.13. The number of fused-ring (bicyclic) bond motifs is 1. The first-order chi connectivity index (χ1) is 9.22. The number of halogens is 1. The Morgan fingerprint density at radius 2 is 2.16 bits per heavy atom. The van der Waals surface area contributed by atoms with Gasteiger partial charge in [0.15, 0.2) is 0 Å². The lowest BCUT2D eigenvalue weighted by Crippen LogP contribution is -1.99. The second-order valence-electron chi connectivity index (χ2n) is 4.43. The number of imidazole rings is 1. The summed E-state index contributed by atoms with van der Waals surface area (Å²) in [5.74, 6) is 0.858. The minimum Gasteiger partial charge on any atom is -0.487 e. The SMILES string of the molecule is Cc1cccc(OCc2cnc3ccc(Cl)cn23)c1. The van der Waals surface area contributed by atoms with E-state index in [0.717, 1.165) is 17.1 Å². The van der Waals surface area contributed by atoms with Gasteiger partial charge in [0.25, 0.3) is 0 Å². The monoisotopic (exact) mass is 272 g/mol. The second kappa shape index (κ2) is 4.94. The van der Waals surface area contributed by atoms with Gasteiger partial charge in [-0.25, -0.2) is 4.98 Å². The van der Waals surface area contributed by atoms with E-state index in [9.17, 15) is 0 Å². The molecule has 0 spiro atoms. The molecule has 0 fully saturated rings. The molecule has 19 heavy (non-hydrogen) atoms. The third kappa shape index (κ3) is 2.56. The van der Waals surface area contributed by atoms with Crippen LogP contribution in [0.25, 0.3) is 5.65 Å². The third-order valence-electron chi connectivity index (χ3n) is 2.92. The van der Waals surface area contributed by atoms with Crippen molar-refractivity contribution < 1.29 is 4.74 Å².